The Balaban J connectivity index is 2.85. The van der Waals surface area contributed by atoms with Crippen molar-refractivity contribution < 1.29 is 19.1 Å². The number of halogens is 1. The summed E-state index contributed by atoms with van der Waals surface area (Å²) in [7, 11) is 0. The molecule has 1 amide bonds. The molecule has 2 aromatic rings. The third-order valence-electron chi connectivity index (χ3n) is 2.98. The standard InChI is InChI=1S/C12H12FN3O3/c1-12(2,11(14)19)16-8-5-6(13)3-4-7(8)9(15-16)10(17)18/h3-5H,1-2H3,(H2,14,19)(H,17,18). The van der Waals surface area contributed by atoms with Gasteiger partial charge in [0.25, 0.3) is 0 Å². The molecule has 0 aliphatic heterocycles. The molecule has 7 heteroatoms. The molecule has 0 radical (unpaired) electrons. The van der Waals surface area contributed by atoms with E-state index in [0.717, 1.165) is 16.8 Å². The van der Waals surface area contributed by atoms with E-state index < -0.39 is 23.2 Å². The SMILES string of the molecule is CC(C)(C(N)=O)n1nc(C(=O)O)c2ccc(F)cc21. The maximum Gasteiger partial charge on any atom is 0.357 e. The Labute approximate surface area is 107 Å². The van der Waals surface area contributed by atoms with Crippen molar-refractivity contribution in [2.45, 2.75) is 19.4 Å². The molecule has 0 aliphatic carbocycles. The number of hydrogen-bond donors (Lipinski definition) is 2. The van der Waals surface area contributed by atoms with E-state index in [4.69, 9.17) is 10.8 Å². The molecular formula is C12H12FN3O3. The summed E-state index contributed by atoms with van der Waals surface area (Å²) in [5, 5.41) is 13.2. The number of benzene rings is 1. The molecule has 0 unspecified atom stereocenters. The minimum atomic E-state index is -1.26. The number of amides is 1. The van der Waals surface area contributed by atoms with Gasteiger partial charge < -0.3 is 10.8 Å². The van der Waals surface area contributed by atoms with Gasteiger partial charge in [0.2, 0.25) is 5.91 Å². The van der Waals surface area contributed by atoms with E-state index in [0.29, 0.717) is 0 Å². The summed E-state index contributed by atoms with van der Waals surface area (Å²) in [5.74, 6) is -2.50. The summed E-state index contributed by atoms with van der Waals surface area (Å²) < 4.78 is 14.4. The fraction of sp³-hybridized carbons (Fsp3) is 0.250. The van der Waals surface area contributed by atoms with Crippen molar-refractivity contribution in [3.63, 3.8) is 0 Å². The first-order valence-corrected chi connectivity index (χ1v) is 5.47. The minimum Gasteiger partial charge on any atom is -0.476 e. The van der Waals surface area contributed by atoms with Gasteiger partial charge in [0, 0.05) is 5.39 Å². The molecule has 6 nitrogen and oxygen atoms in total. The number of carbonyl (C=O) groups excluding carboxylic acids is 1. The maximum absolute atomic E-state index is 13.3. The average molecular weight is 265 g/mol. The first-order valence-electron chi connectivity index (χ1n) is 5.47. The zero-order valence-corrected chi connectivity index (χ0v) is 10.3. The monoisotopic (exact) mass is 265 g/mol. The first kappa shape index (κ1) is 13.0. The molecule has 0 atom stereocenters. The molecule has 0 spiro atoms. The van der Waals surface area contributed by atoms with Crippen LogP contribution in [0.4, 0.5) is 4.39 Å². The van der Waals surface area contributed by atoms with E-state index in [1.807, 2.05) is 0 Å². The van der Waals surface area contributed by atoms with Crippen molar-refractivity contribution in [3.8, 4) is 0 Å². The first-order chi connectivity index (χ1) is 8.75. The van der Waals surface area contributed by atoms with Gasteiger partial charge in [-0.05, 0) is 32.0 Å². The van der Waals surface area contributed by atoms with Gasteiger partial charge in [-0.2, -0.15) is 5.10 Å². The molecule has 1 heterocycles. The van der Waals surface area contributed by atoms with E-state index in [2.05, 4.69) is 5.10 Å². The van der Waals surface area contributed by atoms with Gasteiger partial charge in [0.1, 0.15) is 11.4 Å². The third kappa shape index (κ3) is 1.92. The molecule has 1 aromatic heterocycles. The molecule has 1 aromatic carbocycles. The molecule has 0 saturated carbocycles. The van der Waals surface area contributed by atoms with Gasteiger partial charge in [-0.25, -0.2) is 13.9 Å². The van der Waals surface area contributed by atoms with E-state index >= 15 is 0 Å². The highest BCUT2D eigenvalue weighted by molar-refractivity contribution is 6.01. The highest BCUT2D eigenvalue weighted by atomic mass is 19.1. The van der Waals surface area contributed by atoms with E-state index in [-0.39, 0.29) is 16.6 Å². The zero-order chi connectivity index (χ0) is 14.4. The highest BCUT2D eigenvalue weighted by Gasteiger charge is 2.32. The van der Waals surface area contributed by atoms with E-state index in [1.165, 1.54) is 19.9 Å². The van der Waals surface area contributed by atoms with Crippen LogP contribution < -0.4 is 5.73 Å². The van der Waals surface area contributed by atoms with E-state index in [9.17, 15) is 14.0 Å². The Morgan fingerprint density at radius 2 is 2.05 bits per heavy atom. The Morgan fingerprint density at radius 1 is 1.42 bits per heavy atom. The van der Waals surface area contributed by atoms with Crippen LogP contribution in [0.15, 0.2) is 18.2 Å². The molecule has 3 N–H and O–H groups in total. The number of nitrogens with zero attached hydrogens (tertiary/aromatic N) is 2. The Kier molecular flexibility index (Phi) is 2.77. The number of carboxylic acids is 1. The summed E-state index contributed by atoms with van der Waals surface area (Å²) >= 11 is 0. The van der Waals surface area contributed by atoms with Crippen molar-refractivity contribution in [1.82, 2.24) is 9.78 Å². The lowest BCUT2D eigenvalue weighted by molar-refractivity contribution is -0.125. The van der Waals surface area contributed by atoms with Crippen molar-refractivity contribution in [2.24, 2.45) is 5.73 Å². The molecule has 0 fully saturated rings. The van der Waals surface area contributed by atoms with Crippen LogP contribution in [0.1, 0.15) is 24.3 Å². The van der Waals surface area contributed by atoms with Crippen LogP contribution in [0.5, 0.6) is 0 Å². The lowest BCUT2D eigenvalue weighted by Gasteiger charge is -2.22. The number of carbonyl (C=O) groups is 2. The molecule has 0 saturated heterocycles. The normalized spacial score (nSPS) is 11.7. The Morgan fingerprint density at radius 3 is 2.58 bits per heavy atom. The molecular weight excluding hydrogens is 253 g/mol. The predicted octanol–water partition coefficient (Wildman–Crippen LogP) is 1.09. The Hall–Kier alpha value is -2.44. The maximum atomic E-state index is 13.3. The summed E-state index contributed by atoms with van der Waals surface area (Å²) in [6.45, 7) is 2.97. The van der Waals surface area contributed by atoms with Crippen LogP contribution >= 0.6 is 0 Å². The molecule has 0 aliphatic rings. The number of hydrogen-bond acceptors (Lipinski definition) is 3. The number of fused-ring (bicyclic) bond motifs is 1. The number of aromatic nitrogens is 2. The van der Waals surface area contributed by atoms with Gasteiger partial charge in [0.05, 0.1) is 5.52 Å². The largest absolute Gasteiger partial charge is 0.476 e. The van der Waals surface area contributed by atoms with Crippen molar-refractivity contribution in [3.05, 3.63) is 29.7 Å². The topological polar surface area (TPSA) is 98.2 Å². The Bertz CT molecular complexity index is 691. The van der Waals surface area contributed by atoms with Crippen molar-refractivity contribution in [1.29, 1.82) is 0 Å². The summed E-state index contributed by atoms with van der Waals surface area (Å²) in [4.78, 5) is 22.6. The molecule has 100 valence electrons. The van der Waals surface area contributed by atoms with Gasteiger partial charge in [-0.15, -0.1) is 0 Å². The van der Waals surface area contributed by atoms with Crippen LogP contribution in [0.25, 0.3) is 10.9 Å². The van der Waals surface area contributed by atoms with E-state index in [1.54, 1.807) is 0 Å². The smallest absolute Gasteiger partial charge is 0.357 e. The van der Waals surface area contributed by atoms with Gasteiger partial charge in [-0.1, -0.05) is 0 Å². The highest BCUT2D eigenvalue weighted by Crippen LogP contribution is 2.26. The van der Waals surface area contributed by atoms with Gasteiger partial charge >= 0.3 is 5.97 Å². The predicted molar refractivity (Wildman–Crippen MR) is 65.2 cm³/mol. The lowest BCUT2D eigenvalue weighted by Crippen LogP contribution is -2.41. The number of rotatable bonds is 3. The molecule has 2 rings (SSSR count). The van der Waals surface area contributed by atoms with Crippen LogP contribution in [-0.4, -0.2) is 26.8 Å². The average Bonchev–Trinajstić information content (AvgIpc) is 2.67. The number of aromatic carboxylic acids is 1. The number of nitrogens with two attached hydrogens (primary N) is 1. The second-order valence-corrected chi connectivity index (χ2v) is 4.65. The van der Waals surface area contributed by atoms with Gasteiger partial charge in [0.15, 0.2) is 5.69 Å². The zero-order valence-electron chi connectivity index (χ0n) is 10.3. The van der Waals surface area contributed by atoms with Crippen molar-refractivity contribution >= 4 is 22.8 Å². The fourth-order valence-electron chi connectivity index (χ4n) is 1.78. The van der Waals surface area contributed by atoms with Crippen LogP contribution in [0.2, 0.25) is 0 Å². The second kappa shape index (κ2) is 4.04. The number of primary amides is 1. The summed E-state index contributed by atoms with van der Waals surface area (Å²) in [6, 6.07) is 3.58. The lowest BCUT2D eigenvalue weighted by atomic mass is 10.1. The van der Waals surface area contributed by atoms with Gasteiger partial charge in [-0.3, -0.25) is 4.79 Å². The molecule has 19 heavy (non-hydrogen) atoms. The second-order valence-electron chi connectivity index (χ2n) is 4.65. The molecule has 0 bridgehead atoms. The van der Waals surface area contributed by atoms with Crippen LogP contribution in [-0.2, 0) is 10.3 Å². The fourth-order valence-corrected chi connectivity index (χ4v) is 1.78. The quantitative estimate of drug-likeness (QED) is 0.867. The van der Waals surface area contributed by atoms with Crippen molar-refractivity contribution in [2.75, 3.05) is 0 Å². The summed E-state index contributed by atoms with van der Waals surface area (Å²) in [6.07, 6.45) is 0. The number of carboxylic acid groups (broad SMARTS) is 1. The van der Waals surface area contributed by atoms with Crippen LogP contribution in [0.3, 0.4) is 0 Å². The van der Waals surface area contributed by atoms with Crippen LogP contribution in [0, 0.1) is 5.82 Å². The minimum absolute atomic E-state index is 0.209. The third-order valence-corrected chi connectivity index (χ3v) is 2.98. The summed E-state index contributed by atoms with van der Waals surface area (Å²) in [5.41, 5.74) is 3.98.